The monoisotopic (exact) mass is 350 g/mol. The van der Waals surface area contributed by atoms with Crippen LogP contribution in [0.3, 0.4) is 0 Å². The van der Waals surface area contributed by atoms with Gasteiger partial charge < -0.3 is 16.0 Å². The molecule has 1 unspecified atom stereocenters. The number of aliphatic imine (C=N–C) groups is 1. The second-order valence-electron chi connectivity index (χ2n) is 6.82. The van der Waals surface area contributed by atoms with Crippen LogP contribution < -0.4 is 11.1 Å². The van der Waals surface area contributed by atoms with E-state index in [0.717, 1.165) is 37.2 Å². The molecule has 1 saturated heterocycles. The molecule has 0 spiro atoms. The summed E-state index contributed by atoms with van der Waals surface area (Å²) in [6.07, 6.45) is 2.32. The van der Waals surface area contributed by atoms with E-state index in [2.05, 4.69) is 27.3 Å². The number of benzene rings is 2. The molecule has 0 radical (unpaired) electrons. The fraction of sp³-hybridized carbons (Fsp3) is 0.333. The van der Waals surface area contributed by atoms with Crippen LogP contribution in [0.25, 0.3) is 0 Å². The van der Waals surface area contributed by atoms with Gasteiger partial charge in [0.2, 0.25) is 0 Å². The summed E-state index contributed by atoms with van der Waals surface area (Å²) < 4.78 is 0. The van der Waals surface area contributed by atoms with Crippen LogP contribution in [0.5, 0.6) is 0 Å². The topological polar surface area (TPSA) is 70.7 Å². The van der Waals surface area contributed by atoms with E-state index >= 15 is 0 Å². The molecule has 0 aliphatic carbocycles. The highest BCUT2D eigenvalue weighted by molar-refractivity contribution is 5.94. The summed E-state index contributed by atoms with van der Waals surface area (Å²) in [4.78, 5) is 19.0. The fourth-order valence-electron chi connectivity index (χ4n) is 3.05. The zero-order valence-corrected chi connectivity index (χ0v) is 15.4. The Morgan fingerprint density at radius 1 is 1.08 bits per heavy atom. The van der Waals surface area contributed by atoms with Crippen molar-refractivity contribution in [1.82, 2.24) is 10.2 Å². The SMILES string of the molecule is Cc1ccc(C(C)NC(=O)c2ccc(N=C(N)N3CCCC3)cc2)cc1. The van der Waals surface area contributed by atoms with Crippen molar-refractivity contribution in [3.63, 3.8) is 0 Å². The lowest BCUT2D eigenvalue weighted by Gasteiger charge is -2.16. The van der Waals surface area contributed by atoms with Crippen LogP contribution >= 0.6 is 0 Å². The zero-order chi connectivity index (χ0) is 18.5. The Hall–Kier alpha value is -2.82. The molecule has 26 heavy (non-hydrogen) atoms. The standard InChI is InChI=1S/C21H26N4O/c1-15-5-7-17(8-6-15)16(2)23-20(26)18-9-11-19(12-10-18)24-21(22)25-13-3-4-14-25/h5-12,16H,3-4,13-14H2,1-2H3,(H2,22,24)(H,23,26). The van der Waals surface area contributed by atoms with Gasteiger partial charge in [-0.25, -0.2) is 4.99 Å². The van der Waals surface area contributed by atoms with Gasteiger partial charge in [-0.15, -0.1) is 0 Å². The van der Waals surface area contributed by atoms with E-state index in [9.17, 15) is 4.79 Å². The number of guanidine groups is 1. The Morgan fingerprint density at radius 3 is 2.31 bits per heavy atom. The van der Waals surface area contributed by atoms with Gasteiger partial charge in [-0.1, -0.05) is 29.8 Å². The van der Waals surface area contributed by atoms with Crippen molar-refractivity contribution in [1.29, 1.82) is 0 Å². The maximum Gasteiger partial charge on any atom is 0.251 e. The van der Waals surface area contributed by atoms with Gasteiger partial charge in [0.15, 0.2) is 5.96 Å². The molecule has 1 heterocycles. The van der Waals surface area contributed by atoms with E-state index < -0.39 is 0 Å². The zero-order valence-electron chi connectivity index (χ0n) is 15.4. The molecule has 0 saturated carbocycles. The van der Waals surface area contributed by atoms with Gasteiger partial charge in [0, 0.05) is 18.7 Å². The average molecular weight is 350 g/mol. The number of nitrogens with one attached hydrogen (secondary N) is 1. The van der Waals surface area contributed by atoms with E-state index in [1.807, 2.05) is 38.1 Å². The number of amides is 1. The van der Waals surface area contributed by atoms with Gasteiger partial charge in [-0.2, -0.15) is 0 Å². The van der Waals surface area contributed by atoms with Crippen molar-refractivity contribution in [2.45, 2.75) is 32.7 Å². The predicted octanol–water partition coefficient (Wildman–Crippen LogP) is 3.53. The van der Waals surface area contributed by atoms with Gasteiger partial charge in [-0.3, -0.25) is 4.79 Å². The summed E-state index contributed by atoms with van der Waals surface area (Å²) in [6, 6.07) is 15.4. The largest absolute Gasteiger partial charge is 0.369 e. The lowest BCUT2D eigenvalue weighted by Crippen LogP contribution is -2.34. The van der Waals surface area contributed by atoms with Crippen LogP contribution in [-0.2, 0) is 0 Å². The average Bonchev–Trinajstić information content (AvgIpc) is 3.17. The molecule has 5 heteroatoms. The van der Waals surface area contributed by atoms with Crippen LogP contribution in [0, 0.1) is 6.92 Å². The molecule has 0 aromatic heterocycles. The minimum Gasteiger partial charge on any atom is -0.369 e. The number of aryl methyl sites for hydroxylation is 1. The van der Waals surface area contributed by atoms with Crippen molar-refractivity contribution in [2.75, 3.05) is 13.1 Å². The molecular weight excluding hydrogens is 324 g/mol. The number of carbonyl (C=O) groups is 1. The van der Waals surface area contributed by atoms with E-state index in [1.165, 1.54) is 5.56 Å². The maximum atomic E-state index is 12.5. The van der Waals surface area contributed by atoms with E-state index in [0.29, 0.717) is 11.5 Å². The Bertz CT molecular complexity index is 775. The lowest BCUT2D eigenvalue weighted by molar-refractivity contribution is 0.0940. The van der Waals surface area contributed by atoms with Crippen LogP contribution in [0.1, 0.15) is 47.3 Å². The minimum absolute atomic E-state index is 0.0494. The van der Waals surface area contributed by atoms with Gasteiger partial charge in [-0.05, 0) is 56.5 Å². The normalized spacial score (nSPS) is 15.8. The number of nitrogens with zero attached hydrogens (tertiary/aromatic N) is 2. The first-order valence-electron chi connectivity index (χ1n) is 9.09. The van der Waals surface area contributed by atoms with Crippen molar-refractivity contribution < 1.29 is 4.79 Å². The van der Waals surface area contributed by atoms with Gasteiger partial charge in [0.1, 0.15) is 0 Å². The molecule has 136 valence electrons. The van der Waals surface area contributed by atoms with Gasteiger partial charge in [0.05, 0.1) is 11.7 Å². The number of rotatable bonds is 4. The molecule has 1 aliphatic heterocycles. The summed E-state index contributed by atoms with van der Waals surface area (Å²) in [7, 11) is 0. The van der Waals surface area contributed by atoms with Gasteiger partial charge in [0.25, 0.3) is 5.91 Å². The molecule has 1 atom stereocenters. The van der Waals surface area contributed by atoms with Crippen LogP contribution in [0.15, 0.2) is 53.5 Å². The highest BCUT2D eigenvalue weighted by atomic mass is 16.1. The molecular formula is C21H26N4O. The molecule has 1 fully saturated rings. The molecule has 5 nitrogen and oxygen atoms in total. The number of nitrogens with two attached hydrogens (primary N) is 1. The van der Waals surface area contributed by atoms with E-state index in [1.54, 1.807) is 12.1 Å². The minimum atomic E-state index is -0.0962. The molecule has 1 amide bonds. The second kappa shape index (κ2) is 8.04. The Kier molecular flexibility index (Phi) is 5.56. The molecule has 2 aromatic rings. The fourth-order valence-corrected chi connectivity index (χ4v) is 3.05. The van der Waals surface area contributed by atoms with Crippen molar-refractivity contribution >= 4 is 17.6 Å². The third-order valence-electron chi connectivity index (χ3n) is 4.73. The van der Waals surface area contributed by atoms with Crippen LogP contribution in [0.4, 0.5) is 5.69 Å². The third kappa shape index (κ3) is 4.42. The first-order valence-corrected chi connectivity index (χ1v) is 9.09. The highest BCUT2D eigenvalue weighted by Crippen LogP contribution is 2.17. The van der Waals surface area contributed by atoms with Crippen LogP contribution in [0.2, 0.25) is 0 Å². The number of hydrogen-bond donors (Lipinski definition) is 2. The molecule has 1 aliphatic rings. The Morgan fingerprint density at radius 2 is 1.69 bits per heavy atom. The van der Waals surface area contributed by atoms with E-state index in [4.69, 9.17) is 5.73 Å². The second-order valence-corrected chi connectivity index (χ2v) is 6.82. The molecule has 3 N–H and O–H groups in total. The van der Waals surface area contributed by atoms with Crippen molar-refractivity contribution in [2.24, 2.45) is 10.7 Å². The number of likely N-dealkylation sites (tertiary alicyclic amines) is 1. The van der Waals surface area contributed by atoms with Gasteiger partial charge >= 0.3 is 0 Å². The Balaban J connectivity index is 1.63. The predicted molar refractivity (Wildman–Crippen MR) is 106 cm³/mol. The number of hydrogen-bond acceptors (Lipinski definition) is 2. The number of carbonyl (C=O) groups excluding carboxylic acids is 1. The van der Waals surface area contributed by atoms with E-state index in [-0.39, 0.29) is 11.9 Å². The summed E-state index contributed by atoms with van der Waals surface area (Å²) >= 11 is 0. The smallest absolute Gasteiger partial charge is 0.251 e. The summed E-state index contributed by atoms with van der Waals surface area (Å²) in [5, 5.41) is 3.03. The summed E-state index contributed by atoms with van der Waals surface area (Å²) in [5.41, 5.74) is 9.71. The summed E-state index contributed by atoms with van der Waals surface area (Å²) in [5.74, 6) is 0.453. The third-order valence-corrected chi connectivity index (χ3v) is 4.73. The first kappa shape index (κ1) is 18.0. The Labute approximate surface area is 154 Å². The molecule has 0 bridgehead atoms. The molecule has 2 aromatic carbocycles. The van der Waals surface area contributed by atoms with Crippen LogP contribution in [-0.4, -0.2) is 29.9 Å². The molecule has 3 rings (SSSR count). The lowest BCUT2D eigenvalue weighted by atomic mass is 10.1. The van der Waals surface area contributed by atoms with Crippen molar-refractivity contribution in [3.05, 3.63) is 65.2 Å². The van der Waals surface area contributed by atoms with Crippen molar-refractivity contribution in [3.8, 4) is 0 Å². The first-order chi connectivity index (χ1) is 12.5. The summed E-state index contributed by atoms with van der Waals surface area (Å²) in [6.45, 7) is 5.96. The maximum absolute atomic E-state index is 12.5. The quantitative estimate of drug-likeness (QED) is 0.654. The highest BCUT2D eigenvalue weighted by Gasteiger charge is 2.14.